The zero-order chi connectivity index (χ0) is 16.7. The lowest BCUT2D eigenvalue weighted by Crippen LogP contribution is -2.31. The number of fused-ring (bicyclic) bond motifs is 1. The minimum absolute atomic E-state index is 0.0817. The zero-order valence-corrected chi connectivity index (χ0v) is 13.4. The molecule has 0 fully saturated rings. The van der Waals surface area contributed by atoms with E-state index in [1.54, 1.807) is 18.7 Å². The van der Waals surface area contributed by atoms with E-state index >= 15 is 0 Å². The number of hydrogen-bond donors (Lipinski definition) is 0. The van der Waals surface area contributed by atoms with E-state index < -0.39 is 6.55 Å². The molecule has 0 spiro atoms. The molecule has 0 saturated carbocycles. The van der Waals surface area contributed by atoms with Crippen LogP contribution in [-0.2, 0) is 11.2 Å². The van der Waals surface area contributed by atoms with Crippen molar-refractivity contribution in [2.24, 2.45) is 0 Å². The molecular weight excluding hydrogens is 300 g/mol. The van der Waals surface area contributed by atoms with E-state index in [2.05, 4.69) is 12.0 Å². The highest BCUT2D eigenvalue weighted by molar-refractivity contribution is 5.97. The average Bonchev–Trinajstić information content (AvgIpc) is 3.00. The first kappa shape index (κ1) is 15.6. The van der Waals surface area contributed by atoms with Crippen molar-refractivity contribution in [1.29, 1.82) is 0 Å². The fraction of sp³-hybridized carbons (Fsp3) is 0.412. The first-order valence-electron chi connectivity index (χ1n) is 7.62. The summed E-state index contributed by atoms with van der Waals surface area (Å²) in [5.41, 5.74) is 3.49. The summed E-state index contributed by atoms with van der Waals surface area (Å²) in [6, 6.07) is 7.82. The summed E-state index contributed by atoms with van der Waals surface area (Å²) in [5.74, 6) is 0.197. The van der Waals surface area contributed by atoms with Gasteiger partial charge in [0.1, 0.15) is 0 Å². The molecule has 1 aromatic heterocycles. The zero-order valence-electron chi connectivity index (χ0n) is 13.4. The minimum atomic E-state index is -2.69. The van der Waals surface area contributed by atoms with Crippen LogP contribution in [0.4, 0.5) is 14.5 Å². The van der Waals surface area contributed by atoms with Crippen LogP contribution in [-0.4, -0.2) is 22.2 Å². The van der Waals surface area contributed by atoms with Crippen LogP contribution in [0.3, 0.4) is 0 Å². The Morgan fingerprint density at radius 1 is 1.35 bits per heavy atom. The van der Waals surface area contributed by atoms with E-state index in [4.69, 9.17) is 0 Å². The Balaban J connectivity index is 1.87. The van der Waals surface area contributed by atoms with Crippen LogP contribution in [0.25, 0.3) is 0 Å². The molecule has 0 aliphatic carbocycles. The monoisotopic (exact) mass is 319 g/mol. The predicted octanol–water partition coefficient (Wildman–Crippen LogP) is 3.59. The fourth-order valence-electron chi connectivity index (χ4n) is 3.25. The van der Waals surface area contributed by atoms with Gasteiger partial charge in [-0.2, -0.15) is 13.9 Å². The summed E-state index contributed by atoms with van der Waals surface area (Å²) >= 11 is 0. The molecule has 23 heavy (non-hydrogen) atoms. The SMILES string of the molecule is Cc1nn(C(F)F)c(C)c1CC(=O)N1CC(C)c2ccccc21. The van der Waals surface area contributed by atoms with E-state index in [-0.39, 0.29) is 18.2 Å². The first-order chi connectivity index (χ1) is 10.9. The maximum atomic E-state index is 12.9. The first-order valence-corrected chi connectivity index (χ1v) is 7.62. The molecule has 4 nitrogen and oxygen atoms in total. The van der Waals surface area contributed by atoms with Crippen molar-refractivity contribution in [1.82, 2.24) is 9.78 Å². The molecule has 1 aliphatic rings. The van der Waals surface area contributed by atoms with Gasteiger partial charge in [0.05, 0.1) is 12.1 Å². The van der Waals surface area contributed by atoms with Crippen LogP contribution in [0, 0.1) is 13.8 Å². The van der Waals surface area contributed by atoms with Crippen LogP contribution in [0.2, 0.25) is 0 Å². The molecule has 1 amide bonds. The van der Waals surface area contributed by atoms with Gasteiger partial charge in [0.15, 0.2) is 0 Å². The standard InChI is InChI=1S/C17H19F2N3O/c1-10-9-21(15-7-5-4-6-13(10)15)16(23)8-14-11(2)20-22(12(14)3)17(18)19/h4-7,10,17H,8-9H2,1-3H3. The van der Waals surface area contributed by atoms with E-state index in [0.717, 1.165) is 11.3 Å². The van der Waals surface area contributed by atoms with Gasteiger partial charge < -0.3 is 4.90 Å². The second kappa shape index (κ2) is 5.76. The number of anilines is 1. The van der Waals surface area contributed by atoms with Gasteiger partial charge in [-0.25, -0.2) is 4.68 Å². The number of para-hydroxylation sites is 1. The number of aryl methyl sites for hydroxylation is 1. The Morgan fingerprint density at radius 3 is 2.70 bits per heavy atom. The van der Waals surface area contributed by atoms with Crippen molar-refractivity contribution < 1.29 is 13.6 Å². The number of alkyl halides is 2. The quantitative estimate of drug-likeness (QED) is 0.867. The van der Waals surface area contributed by atoms with Crippen LogP contribution in [0.1, 0.15) is 41.9 Å². The Hall–Kier alpha value is -2.24. The molecule has 2 aromatic rings. The highest BCUT2D eigenvalue weighted by Crippen LogP contribution is 2.36. The Bertz CT molecular complexity index is 754. The van der Waals surface area contributed by atoms with E-state index in [0.29, 0.717) is 28.2 Å². The smallest absolute Gasteiger partial charge is 0.311 e. The molecule has 1 atom stereocenters. The van der Waals surface area contributed by atoms with Gasteiger partial charge in [0, 0.05) is 29.4 Å². The van der Waals surface area contributed by atoms with Crippen LogP contribution in [0.5, 0.6) is 0 Å². The number of halogens is 2. The van der Waals surface area contributed by atoms with E-state index in [9.17, 15) is 13.6 Å². The van der Waals surface area contributed by atoms with Gasteiger partial charge in [0.25, 0.3) is 0 Å². The molecule has 0 N–H and O–H groups in total. The lowest BCUT2D eigenvalue weighted by molar-refractivity contribution is -0.117. The summed E-state index contributed by atoms with van der Waals surface area (Å²) < 4.78 is 26.5. The predicted molar refractivity (Wildman–Crippen MR) is 83.9 cm³/mol. The van der Waals surface area contributed by atoms with Gasteiger partial charge in [-0.3, -0.25) is 4.79 Å². The third kappa shape index (κ3) is 2.62. The van der Waals surface area contributed by atoms with Gasteiger partial charge in [0.2, 0.25) is 5.91 Å². The second-order valence-corrected chi connectivity index (χ2v) is 6.01. The summed E-state index contributed by atoms with van der Waals surface area (Å²) in [6.45, 7) is 3.26. The number of amides is 1. The van der Waals surface area contributed by atoms with Crippen LogP contribution < -0.4 is 4.90 Å². The summed E-state index contributed by atoms with van der Waals surface area (Å²) in [4.78, 5) is 14.5. The normalized spacial score (nSPS) is 17.0. The number of carbonyl (C=O) groups is 1. The second-order valence-electron chi connectivity index (χ2n) is 6.01. The van der Waals surface area contributed by atoms with Crippen molar-refractivity contribution in [3.63, 3.8) is 0 Å². The molecule has 3 rings (SSSR count). The fourth-order valence-corrected chi connectivity index (χ4v) is 3.25. The molecule has 0 radical (unpaired) electrons. The Morgan fingerprint density at radius 2 is 2.04 bits per heavy atom. The van der Waals surface area contributed by atoms with E-state index in [1.807, 2.05) is 24.3 Å². The van der Waals surface area contributed by atoms with Gasteiger partial charge in [-0.1, -0.05) is 25.1 Å². The number of benzene rings is 1. The van der Waals surface area contributed by atoms with Crippen molar-refractivity contribution in [3.05, 3.63) is 46.8 Å². The molecule has 1 aliphatic heterocycles. The number of carbonyl (C=O) groups excluding carboxylic acids is 1. The Labute approximate surface area is 133 Å². The highest BCUT2D eigenvalue weighted by atomic mass is 19.3. The van der Waals surface area contributed by atoms with E-state index in [1.165, 1.54) is 0 Å². The number of nitrogens with zero attached hydrogens (tertiary/aromatic N) is 3. The number of hydrogen-bond acceptors (Lipinski definition) is 2. The third-order valence-electron chi connectivity index (χ3n) is 4.50. The summed E-state index contributed by atoms with van der Waals surface area (Å²) in [5, 5.41) is 3.84. The topological polar surface area (TPSA) is 38.1 Å². The minimum Gasteiger partial charge on any atom is -0.311 e. The maximum Gasteiger partial charge on any atom is 0.333 e. The summed E-state index contributed by atoms with van der Waals surface area (Å²) in [7, 11) is 0. The lowest BCUT2D eigenvalue weighted by atomic mass is 10.0. The number of rotatable bonds is 3. The van der Waals surface area contributed by atoms with Crippen LogP contribution in [0.15, 0.2) is 24.3 Å². The molecule has 0 bridgehead atoms. The largest absolute Gasteiger partial charge is 0.333 e. The highest BCUT2D eigenvalue weighted by Gasteiger charge is 2.30. The third-order valence-corrected chi connectivity index (χ3v) is 4.50. The average molecular weight is 319 g/mol. The lowest BCUT2D eigenvalue weighted by Gasteiger charge is -2.17. The molecule has 6 heteroatoms. The van der Waals surface area contributed by atoms with Crippen molar-refractivity contribution >= 4 is 11.6 Å². The molecule has 1 aromatic carbocycles. The molecule has 122 valence electrons. The maximum absolute atomic E-state index is 12.9. The number of aromatic nitrogens is 2. The van der Waals surface area contributed by atoms with Gasteiger partial charge in [-0.05, 0) is 25.5 Å². The Kier molecular flexibility index (Phi) is 3.92. The van der Waals surface area contributed by atoms with Crippen molar-refractivity contribution in [2.75, 3.05) is 11.4 Å². The molecular formula is C17H19F2N3O. The van der Waals surface area contributed by atoms with Gasteiger partial charge in [-0.15, -0.1) is 0 Å². The summed E-state index contributed by atoms with van der Waals surface area (Å²) in [6.07, 6.45) is 0.0887. The van der Waals surface area contributed by atoms with Crippen LogP contribution >= 0.6 is 0 Å². The van der Waals surface area contributed by atoms with Crippen molar-refractivity contribution in [3.8, 4) is 0 Å². The van der Waals surface area contributed by atoms with Crippen molar-refractivity contribution in [2.45, 2.75) is 39.7 Å². The molecule has 2 heterocycles. The molecule has 0 saturated heterocycles. The van der Waals surface area contributed by atoms with Gasteiger partial charge >= 0.3 is 6.55 Å². The molecule has 1 unspecified atom stereocenters.